The van der Waals surface area contributed by atoms with E-state index >= 15 is 0 Å². The quantitative estimate of drug-likeness (QED) is 0.424. The Morgan fingerprint density at radius 2 is 2.24 bits per heavy atom. The second-order valence-corrected chi connectivity index (χ2v) is 6.94. The molecule has 0 bridgehead atoms. The molecule has 2 rings (SSSR count). The average Bonchev–Trinajstić information content (AvgIpc) is 3.27. The minimum absolute atomic E-state index is 0.681. The first-order valence-corrected chi connectivity index (χ1v) is 9.54. The van der Waals surface area contributed by atoms with E-state index in [9.17, 15) is 0 Å². The van der Waals surface area contributed by atoms with Crippen molar-refractivity contribution in [2.75, 3.05) is 45.8 Å². The van der Waals surface area contributed by atoms with Crippen LogP contribution in [0.1, 0.15) is 33.0 Å². The number of furan rings is 1. The van der Waals surface area contributed by atoms with Crippen LogP contribution >= 0.6 is 0 Å². The predicted octanol–water partition coefficient (Wildman–Crippen LogP) is 3.01. The van der Waals surface area contributed by atoms with Gasteiger partial charge in [0.05, 0.1) is 12.8 Å². The van der Waals surface area contributed by atoms with Crippen LogP contribution in [0.25, 0.3) is 0 Å². The zero-order valence-electron chi connectivity index (χ0n) is 16.1. The predicted molar refractivity (Wildman–Crippen MR) is 105 cm³/mol. The van der Waals surface area contributed by atoms with Crippen molar-refractivity contribution in [3.05, 3.63) is 36.3 Å². The molecule has 1 unspecified atom stereocenters. The van der Waals surface area contributed by atoms with Crippen molar-refractivity contribution in [3.8, 4) is 0 Å². The largest absolute Gasteiger partial charge is 0.469 e. The number of aliphatic imine (C=N–C) groups is 1. The zero-order chi connectivity index (χ0) is 18.1. The summed E-state index contributed by atoms with van der Waals surface area (Å²) in [4.78, 5) is 9.68. The van der Waals surface area contributed by atoms with Gasteiger partial charge in [-0.15, -0.1) is 0 Å². The molecule has 0 spiro atoms. The van der Waals surface area contributed by atoms with Gasteiger partial charge in [0.25, 0.3) is 0 Å². The normalized spacial score (nSPS) is 18.2. The molecule has 1 aliphatic heterocycles. The third-order valence-electron chi connectivity index (χ3n) is 4.73. The zero-order valence-corrected chi connectivity index (χ0v) is 16.1. The van der Waals surface area contributed by atoms with E-state index in [1.807, 2.05) is 19.1 Å². The molecule has 0 amide bonds. The summed E-state index contributed by atoms with van der Waals surface area (Å²) in [6.07, 6.45) is 3.84. The van der Waals surface area contributed by atoms with Crippen molar-refractivity contribution in [1.29, 1.82) is 0 Å². The standard InChI is InChI=1S/C20H34N4O/c1-5-23(6-2)15-18-10-12-24(16-18)20(22-14-17(3)4)21-11-9-19-8-7-13-25-19/h7-8,13,18H,3,5-6,9-12,14-16H2,1-2,4H3,(H,21,22). The number of guanidine groups is 1. The number of nitrogens with zero attached hydrogens (tertiary/aromatic N) is 3. The average molecular weight is 347 g/mol. The summed E-state index contributed by atoms with van der Waals surface area (Å²) < 4.78 is 5.41. The van der Waals surface area contributed by atoms with Crippen LogP contribution in [0.15, 0.2) is 40.0 Å². The fraction of sp³-hybridized carbons (Fsp3) is 0.650. The molecule has 25 heavy (non-hydrogen) atoms. The van der Waals surface area contributed by atoms with Gasteiger partial charge in [0.15, 0.2) is 5.96 Å². The maximum Gasteiger partial charge on any atom is 0.194 e. The van der Waals surface area contributed by atoms with Gasteiger partial charge in [-0.1, -0.05) is 26.0 Å². The van der Waals surface area contributed by atoms with Crippen LogP contribution in [-0.4, -0.2) is 61.6 Å². The first kappa shape index (κ1) is 19.6. The molecule has 0 saturated carbocycles. The van der Waals surface area contributed by atoms with E-state index in [0.717, 1.165) is 62.4 Å². The molecule has 1 N–H and O–H groups in total. The lowest BCUT2D eigenvalue weighted by atomic mass is 10.1. The molecule has 1 atom stereocenters. The molecule has 1 aromatic heterocycles. The Balaban J connectivity index is 1.88. The highest BCUT2D eigenvalue weighted by molar-refractivity contribution is 5.80. The monoisotopic (exact) mass is 346 g/mol. The molecule has 1 fully saturated rings. The Morgan fingerprint density at radius 1 is 1.44 bits per heavy atom. The van der Waals surface area contributed by atoms with Gasteiger partial charge in [-0.25, -0.2) is 4.99 Å². The molecule has 140 valence electrons. The van der Waals surface area contributed by atoms with Crippen LogP contribution in [0.2, 0.25) is 0 Å². The molecule has 1 aromatic rings. The third kappa shape index (κ3) is 6.58. The van der Waals surface area contributed by atoms with Crippen molar-refractivity contribution in [1.82, 2.24) is 15.1 Å². The number of nitrogens with one attached hydrogen (secondary N) is 1. The van der Waals surface area contributed by atoms with Gasteiger partial charge in [0, 0.05) is 32.6 Å². The molecule has 2 heterocycles. The van der Waals surface area contributed by atoms with Crippen LogP contribution in [0.3, 0.4) is 0 Å². The van der Waals surface area contributed by atoms with E-state index in [-0.39, 0.29) is 0 Å². The fourth-order valence-electron chi connectivity index (χ4n) is 3.25. The Bertz CT molecular complexity index is 534. The van der Waals surface area contributed by atoms with Gasteiger partial charge in [-0.05, 0) is 44.5 Å². The minimum Gasteiger partial charge on any atom is -0.469 e. The summed E-state index contributed by atoms with van der Waals surface area (Å²) in [6.45, 7) is 17.6. The van der Waals surface area contributed by atoms with Gasteiger partial charge in [0.2, 0.25) is 0 Å². The van der Waals surface area contributed by atoms with Crippen molar-refractivity contribution in [2.45, 2.75) is 33.6 Å². The van der Waals surface area contributed by atoms with Gasteiger partial charge >= 0.3 is 0 Å². The van der Waals surface area contributed by atoms with E-state index in [1.54, 1.807) is 6.26 Å². The lowest BCUT2D eigenvalue weighted by Crippen LogP contribution is -2.41. The molecule has 5 heteroatoms. The van der Waals surface area contributed by atoms with Crippen LogP contribution in [0.5, 0.6) is 0 Å². The SMILES string of the molecule is C=C(C)CN=C(NCCc1ccco1)N1CCC(CN(CC)CC)C1. The number of hydrogen-bond donors (Lipinski definition) is 1. The van der Waals surface area contributed by atoms with Crippen molar-refractivity contribution >= 4 is 5.96 Å². The Labute approximate surface area is 152 Å². The van der Waals surface area contributed by atoms with E-state index in [2.05, 4.69) is 35.5 Å². The van der Waals surface area contributed by atoms with Crippen molar-refractivity contribution in [3.63, 3.8) is 0 Å². The number of hydrogen-bond acceptors (Lipinski definition) is 3. The molecule has 0 radical (unpaired) electrons. The van der Waals surface area contributed by atoms with Gasteiger partial charge < -0.3 is 19.5 Å². The van der Waals surface area contributed by atoms with Crippen molar-refractivity contribution < 1.29 is 4.42 Å². The summed E-state index contributed by atoms with van der Waals surface area (Å²) in [5.74, 6) is 2.74. The topological polar surface area (TPSA) is 44.0 Å². The lowest BCUT2D eigenvalue weighted by Gasteiger charge is -2.24. The molecule has 1 saturated heterocycles. The Kier molecular flexibility index (Phi) is 8.06. The van der Waals surface area contributed by atoms with E-state index in [0.29, 0.717) is 6.54 Å². The third-order valence-corrected chi connectivity index (χ3v) is 4.73. The summed E-state index contributed by atoms with van der Waals surface area (Å²) in [7, 11) is 0. The summed E-state index contributed by atoms with van der Waals surface area (Å²) in [5.41, 5.74) is 1.09. The van der Waals surface area contributed by atoms with Gasteiger partial charge in [0.1, 0.15) is 5.76 Å². The van der Waals surface area contributed by atoms with Crippen molar-refractivity contribution in [2.24, 2.45) is 10.9 Å². The number of rotatable bonds is 9. The van der Waals surface area contributed by atoms with Gasteiger partial charge in [-0.3, -0.25) is 0 Å². The Hall–Kier alpha value is -1.75. The first-order valence-electron chi connectivity index (χ1n) is 9.54. The Morgan fingerprint density at radius 3 is 2.88 bits per heavy atom. The highest BCUT2D eigenvalue weighted by atomic mass is 16.3. The minimum atomic E-state index is 0.681. The second kappa shape index (κ2) is 10.3. The van der Waals surface area contributed by atoms with Crippen LogP contribution in [0.4, 0.5) is 0 Å². The van der Waals surface area contributed by atoms with E-state index in [1.165, 1.54) is 13.0 Å². The van der Waals surface area contributed by atoms with Crippen LogP contribution < -0.4 is 5.32 Å². The fourth-order valence-corrected chi connectivity index (χ4v) is 3.25. The molecule has 1 aliphatic rings. The molecule has 5 nitrogen and oxygen atoms in total. The number of likely N-dealkylation sites (tertiary alicyclic amines) is 1. The molecular weight excluding hydrogens is 312 g/mol. The molecule has 0 aromatic carbocycles. The summed E-state index contributed by atoms with van der Waals surface area (Å²) >= 11 is 0. The summed E-state index contributed by atoms with van der Waals surface area (Å²) in [6, 6.07) is 3.95. The first-order chi connectivity index (χ1) is 12.1. The van der Waals surface area contributed by atoms with Crippen LogP contribution in [0, 0.1) is 5.92 Å². The maximum atomic E-state index is 5.41. The maximum absolute atomic E-state index is 5.41. The highest BCUT2D eigenvalue weighted by Gasteiger charge is 2.26. The smallest absolute Gasteiger partial charge is 0.194 e. The summed E-state index contributed by atoms with van der Waals surface area (Å²) in [5, 5.41) is 3.52. The highest BCUT2D eigenvalue weighted by Crippen LogP contribution is 2.18. The van der Waals surface area contributed by atoms with Gasteiger partial charge in [-0.2, -0.15) is 0 Å². The second-order valence-electron chi connectivity index (χ2n) is 6.94. The van der Waals surface area contributed by atoms with E-state index in [4.69, 9.17) is 9.41 Å². The molecular formula is C20H34N4O. The van der Waals surface area contributed by atoms with E-state index < -0.39 is 0 Å². The van der Waals surface area contributed by atoms with Crippen LogP contribution in [-0.2, 0) is 6.42 Å². The lowest BCUT2D eigenvalue weighted by molar-refractivity contribution is 0.255. The molecule has 0 aliphatic carbocycles.